The summed E-state index contributed by atoms with van der Waals surface area (Å²) in [5.41, 5.74) is 9.23. The largest absolute Gasteiger partial charge is 0.361 e. The molecule has 4 N–H and O–H groups in total. The lowest BCUT2D eigenvalue weighted by Gasteiger charge is -2.12. The van der Waals surface area contributed by atoms with Crippen LogP contribution in [0.1, 0.15) is 11.1 Å². The number of aromatic amines is 1. The second kappa shape index (κ2) is 7.81. The Morgan fingerprint density at radius 3 is 2.57 bits per heavy atom. The van der Waals surface area contributed by atoms with Gasteiger partial charge in [-0.1, -0.05) is 48.5 Å². The van der Waals surface area contributed by atoms with Crippen LogP contribution in [-0.4, -0.2) is 16.9 Å². The van der Waals surface area contributed by atoms with Gasteiger partial charge in [0.05, 0.1) is 6.04 Å². The Hall–Kier alpha value is -2.30. The van der Waals surface area contributed by atoms with E-state index in [1.807, 2.05) is 60.8 Å². The molecule has 0 unspecified atom stereocenters. The van der Waals surface area contributed by atoms with E-state index in [1.165, 1.54) is 0 Å². The fraction of sp³-hybridized carbons (Fsp3) is 0.167. The predicted octanol–water partition coefficient (Wildman–Crippen LogP) is 2.78. The summed E-state index contributed by atoms with van der Waals surface area (Å²) in [6, 6.07) is 17.3. The molecule has 0 saturated heterocycles. The number of nitrogens with one attached hydrogen (secondary N) is 2. The molecule has 1 atom stereocenters. The smallest absolute Gasteiger partial charge is 0.237 e. The molecule has 4 nitrogen and oxygen atoms in total. The second-order valence-electron chi connectivity index (χ2n) is 5.37. The summed E-state index contributed by atoms with van der Waals surface area (Å²) in [5.74, 6) is -0.130. The maximum atomic E-state index is 12.1. The summed E-state index contributed by atoms with van der Waals surface area (Å²) in [4.78, 5) is 15.3. The van der Waals surface area contributed by atoms with Crippen LogP contribution in [0, 0.1) is 0 Å². The molecule has 2 aromatic carbocycles. The van der Waals surface area contributed by atoms with Crippen LogP contribution in [0.3, 0.4) is 0 Å². The molecule has 0 spiro atoms. The minimum atomic E-state index is -0.553. The molecular formula is C18H20ClN3O. The number of halogens is 1. The van der Waals surface area contributed by atoms with Crippen LogP contribution < -0.4 is 11.1 Å². The zero-order valence-corrected chi connectivity index (χ0v) is 13.5. The molecule has 120 valence electrons. The Morgan fingerprint density at radius 2 is 1.78 bits per heavy atom. The molecule has 0 aliphatic heterocycles. The second-order valence-corrected chi connectivity index (χ2v) is 5.37. The van der Waals surface area contributed by atoms with Gasteiger partial charge in [-0.15, -0.1) is 12.4 Å². The van der Waals surface area contributed by atoms with Gasteiger partial charge in [-0.3, -0.25) is 4.79 Å². The average molecular weight is 330 g/mol. The quantitative estimate of drug-likeness (QED) is 0.673. The van der Waals surface area contributed by atoms with Crippen LogP contribution in [0.15, 0.2) is 60.8 Å². The Bertz CT molecular complexity index is 770. The molecule has 3 aromatic rings. The number of hydrogen-bond acceptors (Lipinski definition) is 2. The Balaban J connectivity index is 0.00000192. The number of benzene rings is 2. The summed E-state index contributed by atoms with van der Waals surface area (Å²) in [7, 11) is 0. The van der Waals surface area contributed by atoms with Crippen LogP contribution in [0.5, 0.6) is 0 Å². The van der Waals surface area contributed by atoms with Gasteiger partial charge in [-0.05, 0) is 23.6 Å². The van der Waals surface area contributed by atoms with E-state index >= 15 is 0 Å². The van der Waals surface area contributed by atoms with Crippen molar-refractivity contribution in [3.05, 3.63) is 71.9 Å². The number of nitrogens with two attached hydrogens (primary N) is 1. The molecule has 1 aromatic heterocycles. The van der Waals surface area contributed by atoms with Crippen molar-refractivity contribution < 1.29 is 4.79 Å². The summed E-state index contributed by atoms with van der Waals surface area (Å²) in [5, 5.41) is 4.00. The van der Waals surface area contributed by atoms with Gasteiger partial charge in [0, 0.05) is 23.6 Å². The molecule has 0 radical (unpaired) electrons. The number of carbonyl (C=O) groups is 1. The summed E-state index contributed by atoms with van der Waals surface area (Å²) in [6.07, 6.45) is 2.44. The van der Waals surface area contributed by atoms with E-state index in [-0.39, 0.29) is 18.3 Å². The highest BCUT2D eigenvalue weighted by Crippen LogP contribution is 2.18. The molecule has 3 rings (SSSR count). The molecular weight excluding hydrogens is 310 g/mol. The lowest BCUT2D eigenvalue weighted by Crippen LogP contribution is -2.41. The highest BCUT2D eigenvalue weighted by Gasteiger charge is 2.15. The van der Waals surface area contributed by atoms with Gasteiger partial charge >= 0.3 is 0 Å². The number of aromatic nitrogens is 1. The molecule has 0 aliphatic rings. The highest BCUT2D eigenvalue weighted by molar-refractivity contribution is 5.86. The Labute approximate surface area is 141 Å². The first-order chi connectivity index (χ1) is 10.7. The van der Waals surface area contributed by atoms with Crippen LogP contribution in [0.2, 0.25) is 0 Å². The fourth-order valence-corrected chi connectivity index (χ4v) is 2.55. The summed E-state index contributed by atoms with van der Waals surface area (Å²) in [6.45, 7) is 0.501. The molecule has 1 heterocycles. The maximum absolute atomic E-state index is 12.1. The molecule has 23 heavy (non-hydrogen) atoms. The maximum Gasteiger partial charge on any atom is 0.237 e. The van der Waals surface area contributed by atoms with Crippen molar-refractivity contribution in [1.29, 1.82) is 0 Å². The van der Waals surface area contributed by atoms with Crippen molar-refractivity contribution in [2.45, 2.75) is 19.0 Å². The van der Waals surface area contributed by atoms with Crippen molar-refractivity contribution in [2.75, 3.05) is 0 Å². The third kappa shape index (κ3) is 4.12. The molecule has 0 bridgehead atoms. The third-order valence-corrected chi connectivity index (χ3v) is 3.76. The lowest BCUT2D eigenvalue weighted by molar-refractivity contribution is -0.122. The third-order valence-electron chi connectivity index (χ3n) is 3.76. The standard InChI is InChI=1S/C18H19N3O.ClH/c19-16(18(22)21-11-13-6-2-1-3-7-13)10-14-12-20-17-9-5-4-8-15(14)17;/h1-9,12,16,20H,10-11,19H2,(H,21,22);1H/t16-;/m0./s1. The number of H-pyrrole nitrogens is 1. The minimum absolute atomic E-state index is 0. The van der Waals surface area contributed by atoms with Crippen LogP contribution >= 0.6 is 12.4 Å². The van der Waals surface area contributed by atoms with Crippen LogP contribution in [-0.2, 0) is 17.8 Å². The Morgan fingerprint density at radius 1 is 1.09 bits per heavy atom. The van der Waals surface area contributed by atoms with Gasteiger partial charge in [0.1, 0.15) is 0 Å². The van der Waals surface area contributed by atoms with Gasteiger partial charge in [0.15, 0.2) is 0 Å². The van der Waals surface area contributed by atoms with E-state index in [4.69, 9.17) is 5.73 Å². The molecule has 0 saturated carbocycles. The zero-order valence-electron chi connectivity index (χ0n) is 12.7. The predicted molar refractivity (Wildman–Crippen MR) is 95.5 cm³/mol. The van der Waals surface area contributed by atoms with Crippen molar-refractivity contribution >= 4 is 29.2 Å². The zero-order chi connectivity index (χ0) is 15.4. The van der Waals surface area contributed by atoms with E-state index in [0.717, 1.165) is 22.0 Å². The van der Waals surface area contributed by atoms with Crippen molar-refractivity contribution in [3.8, 4) is 0 Å². The first-order valence-corrected chi connectivity index (χ1v) is 7.36. The topological polar surface area (TPSA) is 70.9 Å². The number of carbonyl (C=O) groups excluding carboxylic acids is 1. The van der Waals surface area contributed by atoms with E-state index in [2.05, 4.69) is 10.3 Å². The fourth-order valence-electron chi connectivity index (χ4n) is 2.55. The SMILES string of the molecule is Cl.N[C@@H](Cc1c[nH]c2ccccc12)C(=O)NCc1ccccc1. The summed E-state index contributed by atoms with van der Waals surface area (Å²) < 4.78 is 0. The number of fused-ring (bicyclic) bond motifs is 1. The van der Waals surface area contributed by atoms with E-state index in [0.29, 0.717) is 13.0 Å². The van der Waals surface area contributed by atoms with Gasteiger partial charge in [-0.25, -0.2) is 0 Å². The van der Waals surface area contributed by atoms with Gasteiger partial charge in [-0.2, -0.15) is 0 Å². The van der Waals surface area contributed by atoms with Gasteiger partial charge in [0.2, 0.25) is 5.91 Å². The van der Waals surface area contributed by atoms with E-state index < -0.39 is 6.04 Å². The van der Waals surface area contributed by atoms with Crippen molar-refractivity contribution in [3.63, 3.8) is 0 Å². The molecule has 0 aliphatic carbocycles. The van der Waals surface area contributed by atoms with Crippen molar-refractivity contribution in [2.24, 2.45) is 5.73 Å². The first kappa shape index (κ1) is 17.1. The number of para-hydroxylation sites is 1. The normalized spacial score (nSPS) is 11.7. The van der Waals surface area contributed by atoms with Crippen LogP contribution in [0.4, 0.5) is 0 Å². The van der Waals surface area contributed by atoms with E-state index in [1.54, 1.807) is 0 Å². The van der Waals surface area contributed by atoms with Crippen molar-refractivity contribution in [1.82, 2.24) is 10.3 Å². The van der Waals surface area contributed by atoms with Crippen LogP contribution in [0.25, 0.3) is 10.9 Å². The monoisotopic (exact) mass is 329 g/mol. The van der Waals surface area contributed by atoms with Gasteiger partial charge < -0.3 is 16.0 Å². The minimum Gasteiger partial charge on any atom is -0.361 e. The molecule has 0 fully saturated rings. The van der Waals surface area contributed by atoms with E-state index in [9.17, 15) is 4.79 Å². The Kier molecular flexibility index (Phi) is 5.79. The molecule has 1 amide bonds. The highest BCUT2D eigenvalue weighted by atomic mass is 35.5. The number of rotatable bonds is 5. The lowest BCUT2D eigenvalue weighted by atomic mass is 10.0. The average Bonchev–Trinajstić information content (AvgIpc) is 2.97. The van der Waals surface area contributed by atoms with Gasteiger partial charge in [0.25, 0.3) is 0 Å². The number of hydrogen-bond donors (Lipinski definition) is 3. The first-order valence-electron chi connectivity index (χ1n) is 7.36. The summed E-state index contributed by atoms with van der Waals surface area (Å²) >= 11 is 0. The molecule has 5 heteroatoms. The number of amides is 1.